The van der Waals surface area contributed by atoms with Crippen LogP contribution in [0.15, 0.2) is 36.5 Å². The Balaban J connectivity index is 1.66. The topological polar surface area (TPSA) is 79.8 Å². The van der Waals surface area contributed by atoms with Crippen molar-refractivity contribution in [2.75, 3.05) is 5.32 Å². The number of benzene rings is 1. The van der Waals surface area contributed by atoms with Crippen LogP contribution in [0.2, 0.25) is 0 Å². The minimum absolute atomic E-state index is 0.184. The fourth-order valence-electron chi connectivity index (χ4n) is 3.36. The van der Waals surface area contributed by atoms with Gasteiger partial charge in [0.25, 0.3) is 5.95 Å². The lowest BCUT2D eigenvalue weighted by Crippen LogP contribution is -2.47. The first kappa shape index (κ1) is 16.4. The van der Waals surface area contributed by atoms with Gasteiger partial charge >= 0.3 is 6.03 Å². The molecule has 2 amide bonds. The molecule has 6 heteroatoms. The van der Waals surface area contributed by atoms with Gasteiger partial charge in [0.05, 0.1) is 11.9 Å². The van der Waals surface area contributed by atoms with E-state index < -0.39 is 0 Å². The number of carbonyl (C=O) groups is 1. The van der Waals surface area contributed by atoms with E-state index in [1.807, 2.05) is 30.3 Å². The van der Waals surface area contributed by atoms with E-state index in [0.717, 1.165) is 18.4 Å². The average Bonchev–Trinajstić information content (AvgIpc) is 2.59. The number of aromatic nitrogens is 3. The Morgan fingerprint density at radius 3 is 2.54 bits per heavy atom. The standard InChI is InChI=1S/C18H23N5O/c1-12-7-6-8-13(2)16(12)21-18(24)22-17-20-15(11-19-23-17)14-9-4-3-5-10-14/h3-5,9-13,16H,6-8H2,1-2H3,(H2,20,21,22,23,24)/t12-,13+,16?. The van der Waals surface area contributed by atoms with Crippen LogP contribution in [0.4, 0.5) is 10.7 Å². The molecule has 2 N–H and O–H groups in total. The molecule has 0 bridgehead atoms. The Hall–Kier alpha value is -2.50. The number of hydrogen-bond donors (Lipinski definition) is 2. The van der Waals surface area contributed by atoms with Crippen molar-refractivity contribution in [3.8, 4) is 11.3 Å². The number of nitrogens with one attached hydrogen (secondary N) is 2. The molecule has 3 rings (SSSR count). The zero-order chi connectivity index (χ0) is 16.9. The lowest BCUT2D eigenvalue weighted by atomic mass is 9.79. The molecule has 0 radical (unpaired) electrons. The van der Waals surface area contributed by atoms with Crippen molar-refractivity contribution in [1.82, 2.24) is 20.5 Å². The molecule has 1 unspecified atom stereocenters. The van der Waals surface area contributed by atoms with E-state index in [9.17, 15) is 4.79 Å². The van der Waals surface area contributed by atoms with Gasteiger partial charge in [-0.1, -0.05) is 50.6 Å². The Labute approximate surface area is 142 Å². The van der Waals surface area contributed by atoms with Crippen LogP contribution in [0, 0.1) is 11.8 Å². The third-order valence-electron chi connectivity index (χ3n) is 4.70. The quantitative estimate of drug-likeness (QED) is 0.905. The highest BCUT2D eigenvalue weighted by Gasteiger charge is 2.29. The van der Waals surface area contributed by atoms with Gasteiger partial charge in [0.1, 0.15) is 0 Å². The summed E-state index contributed by atoms with van der Waals surface area (Å²) in [5, 5.41) is 13.6. The smallest absolute Gasteiger partial charge is 0.321 e. The van der Waals surface area contributed by atoms with Crippen molar-refractivity contribution in [1.29, 1.82) is 0 Å². The van der Waals surface area contributed by atoms with Gasteiger partial charge in [-0.15, -0.1) is 5.10 Å². The molecule has 1 aromatic heterocycles. The zero-order valence-corrected chi connectivity index (χ0v) is 14.1. The zero-order valence-electron chi connectivity index (χ0n) is 14.1. The molecule has 126 valence electrons. The molecule has 1 aliphatic carbocycles. The molecule has 0 spiro atoms. The van der Waals surface area contributed by atoms with Crippen LogP contribution in [0.5, 0.6) is 0 Å². The van der Waals surface area contributed by atoms with Crippen LogP contribution in [0.1, 0.15) is 33.1 Å². The molecule has 1 aromatic carbocycles. The third-order valence-corrected chi connectivity index (χ3v) is 4.70. The molecule has 2 aromatic rings. The molecule has 1 aliphatic rings. The fourth-order valence-corrected chi connectivity index (χ4v) is 3.36. The molecule has 24 heavy (non-hydrogen) atoms. The van der Waals surface area contributed by atoms with Gasteiger partial charge in [0.2, 0.25) is 0 Å². The van der Waals surface area contributed by atoms with Crippen molar-refractivity contribution in [2.45, 2.75) is 39.2 Å². The molecule has 1 saturated carbocycles. The van der Waals surface area contributed by atoms with Crippen LogP contribution in [-0.2, 0) is 0 Å². The number of carbonyl (C=O) groups excluding carboxylic acids is 1. The summed E-state index contributed by atoms with van der Waals surface area (Å²) in [6, 6.07) is 9.61. The first-order chi connectivity index (χ1) is 11.6. The predicted molar refractivity (Wildman–Crippen MR) is 93.4 cm³/mol. The maximum absolute atomic E-state index is 12.3. The summed E-state index contributed by atoms with van der Waals surface area (Å²) in [5.74, 6) is 1.17. The highest BCUT2D eigenvalue weighted by molar-refractivity contribution is 5.87. The van der Waals surface area contributed by atoms with Gasteiger partial charge in [0.15, 0.2) is 0 Å². The van der Waals surface area contributed by atoms with Crippen LogP contribution in [0.25, 0.3) is 11.3 Å². The first-order valence-electron chi connectivity index (χ1n) is 8.46. The minimum Gasteiger partial charge on any atom is -0.335 e. The average molecular weight is 325 g/mol. The SMILES string of the molecule is C[C@@H]1CCC[C@H](C)C1NC(=O)Nc1nncc(-c2ccccc2)n1. The largest absolute Gasteiger partial charge is 0.335 e. The van der Waals surface area contributed by atoms with E-state index in [-0.39, 0.29) is 18.0 Å². The van der Waals surface area contributed by atoms with Gasteiger partial charge in [-0.05, 0) is 24.7 Å². The van der Waals surface area contributed by atoms with Crippen molar-refractivity contribution in [3.63, 3.8) is 0 Å². The van der Waals surface area contributed by atoms with Crippen molar-refractivity contribution >= 4 is 12.0 Å². The van der Waals surface area contributed by atoms with Crippen molar-refractivity contribution in [3.05, 3.63) is 36.5 Å². The summed E-state index contributed by atoms with van der Waals surface area (Å²) >= 11 is 0. The summed E-state index contributed by atoms with van der Waals surface area (Å²) in [7, 11) is 0. The summed E-state index contributed by atoms with van der Waals surface area (Å²) in [4.78, 5) is 16.7. The van der Waals surface area contributed by atoms with Crippen LogP contribution >= 0.6 is 0 Å². The molecular weight excluding hydrogens is 302 g/mol. The number of anilines is 1. The maximum Gasteiger partial charge on any atom is 0.321 e. The van der Waals surface area contributed by atoms with Gasteiger partial charge in [-0.25, -0.2) is 9.78 Å². The summed E-state index contributed by atoms with van der Waals surface area (Å²) in [6.07, 6.45) is 5.12. The van der Waals surface area contributed by atoms with Crippen LogP contribution in [0.3, 0.4) is 0 Å². The first-order valence-corrected chi connectivity index (χ1v) is 8.46. The Bertz CT molecular complexity index is 681. The second kappa shape index (κ2) is 7.38. The minimum atomic E-state index is -0.271. The van der Waals surface area contributed by atoms with E-state index in [1.165, 1.54) is 6.42 Å². The number of hydrogen-bond acceptors (Lipinski definition) is 4. The molecule has 6 nitrogen and oxygen atoms in total. The number of urea groups is 1. The Morgan fingerprint density at radius 1 is 1.12 bits per heavy atom. The van der Waals surface area contributed by atoms with Gasteiger partial charge < -0.3 is 5.32 Å². The van der Waals surface area contributed by atoms with Crippen molar-refractivity contribution in [2.24, 2.45) is 11.8 Å². The van der Waals surface area contributed by atoms with E-state index in [2.05, 4.69) is 39.7 Å². The lowest BCUT2D eigenvalue weighted by Gasteiger charge is -2.34. The monoisotopic (exact) mass is 325 g/mol. The summed E-state index contributed by atoms with van der Waals surface area (Å²) < 4.78 is 0. The highest BCUT2D eigenvalue weighted by Crippen LogP contribution is 2.28. The van der Waals surface area contributed by atoms with Crippen LogP contribution < -0.4 is 10.6 Å². The third kappa shape index (κ3) is 3.88. The molecule has 1 fully saturated rings. The fraction of sp³-hybridized carbons (Fsp3) is 0.444. The number of amides is 2. The lowest BCUT2D eigenvalue weighted by molar-refractivity contribution is 0.201. The van der Waals surface area contributed by atoms with E-state index >= 15 is 0 Å². The number of nitrogens with zero attached hydrogens (tertiary/aromatic N) is 3. The van der Waals surface area contributed by atoms with Gasteiger partial charge in [-0.3, -0.25) is 5.32 Å². The molecule has 0 aliphatic heterocycles. The Kier molecular flexibility index (Phi) is 5.03. The molecule has 3 atom stereocenters. The predicted octanol–water partition coefficient (Wildman–Crippen LogP) is 3.48. The van der Waals surface area contributed by atoms with E-state index in [4.69, 9.17) is 0 Å². The van der Waals surface area contributed by atoms with Gasteiger partial charge in [-0.2, -0.15) is 5.10 Å². The summed E-state index contributed by atoms with van der Waals surface area (Å²) in [6.45, 7) is 4.38. The highest BCUT2D eigenvalue weighted by atomic mass is 16.2. The Morgan fingerprint density at radius 2 is 1.83 bits per heavy atom. The maximum atomic E-state index is 12.3. The molecule has 0 saturated heterocycles. The van der Waals surface area contributed by atoms with E-state index in [1.54, 1.807) is 6.20 Å². The molecular formula is C18H23N5O. The van der Waals surface area contributed by atoms with Crippen molar-refractivity contribution < 1.29 is 4.79 Å². The number of rotatable bonds is 3. The second-order valence-corrected chi connectivity index (χ2v) is 6.54. The second-order valence-electron chi connectivity index (χ2n) is 6.54. The van der Waals surface area contributed by atoms with Crippen LogP contribution in [-0.4, -0.2) is 27.3 Å². The normalized spacial score (nSPS) is 23.5. The van der Waals surface area contributed by atoms with E-state index in [0.29, 0.717) is 17.5 Å². The summed E-state index contributed by atoms with van der Waals surface area (Å²) in [5.41, 5.74) is 1.62. The molecule has 1 heterocycles. The van der Waals surface area contributed by atoms with Gasteiger partial charge in [0, 0.05) is 11.6 Å².